The number of aryl methyl sites for hydroxylation is 1. The maximum atomic E-state index is 9.25. The number of nitrogens with two attached hydrogens (primary N) is 1. The Morgan fingerprint density at radius 2 is 1.71 bits per heavy atom. The van der Waals surface area contributed by atoms with Gasteiger partial charge >= 0.3 is 0 Å². The highest BCUT2D eigenvalue weighted by molar-refractivity contribution is 14.0. The van der Waals surface area contributed by atoms with E-state index in [1.165, 1.54) is 5.56 Å². The molecule has 0 unspecified atom stereocenters. The van der Waals surface area contributed by atoms with Gasteiger partial charge in [-0.25, -0.2) is 4.99 Å². The SMILES string of the molecule is Cc1ccc(NC(N)=NCc2ccccc2CO)cc1.I. The van der Waals surface area contributed by atoms with Gasteiger partial charge in [-0.2, -0.15) is 0 Å². The number of guanidine groups is 1. The van der Waals surface area contributed by atoms with E-state index >= 15 is 0 Å². The fraction of sp³-hybridized carbons (Fsp3) is 0.188. The number of halogens is 1. The third kappa shape index (κ3) is 5.35. The number of rotatable bonds is 4. The quantitative estimate of drug-likeness (QED) is 0.422. The number of nitrogens with zero attached hydrogens (tertiary/aromatic N) is 1. The normalized spacial score (nSPS) is 10.9. The number of anilines is 1. The van der Waals surface area contributed by atoms with Crippen molar-refractivity contribution in [3.8, 4) is 0 Å². The van der Waals surface area contributed by atoms with Crippen LogP contribution in [0.2, 0.25) is 0 Å². The number of nitrogens with one attached hydrogen (secondary N) is 1. The van der Waals surface area contributed by atoms with Crippen molar-refractivity contribution in [2.45, 2.75) is 20.1 Å². The minimum Gasteiger partial charge on any atom is -0.392 e. The zero-order chi connectivity index (χ0) is 14.4. The lowest BCUT2D eigenvalue weighted by Gasteiger charge is -2.07. The van der Waals surface area contributed by atoms with Crippen molar-refractivity contribution in [2.75, 3.05) is 5.32 Å². The van der Waals surface area contributed by atoms with E-state index in [9.17, 15) is 5.11 Å². The third-order valence-corrected chi connectivity index (χ3v) is 3.03. The van der Waals surface area contributed by atoms with Crippen molar-refractivity contribution in [3.63, 3.8) is 0 Å². The highest BCUT2D eigenvalue weighted by Crippen LogP contribution is 2.11. The van der Waals surface area contributed by atoms with Gasteiger partial charge in [0.05, 0.1) is 13.2 Å². The van der Waals surface area contributed by atoms with Crippen molar-refractivity contribution in [2.24, 2.45) is 10.7 Å². The average molecular weight is 397 g/mol. The van der Waals surface area contributed by atoms with E-state index in [-0.39, 0.29) is 30.6 Å². The average Bonchev–Trinajstić information content (AvgIpc) is 2.48. The van der Waals surface area contributed by atoms with Crippen LogP contribution in [0, 0.1) is 6.92 Å². The number of aliphatic hydroxyl groups excluding tert-OH is 1. The third-order valence-electron chi connectivity index (χ3n) is 3.03. The molecule has 0 saturated carbocycles. The Kier molecular flexibility index (Phi) is 7.18. The van der Waals surface area contributed by atoms with Gasteiger partial charge < -0.3 is 16.2 Å². The smallest absolute Gasteiger partial charge is 0.193 e. The van der Waals surface area contributed by atoms with E-state index in [1.807, 2.05) is 55.5 Å². The Labute approximate surface area is 142 Å². The molecule has 0 bridgehead atoms. The number of aliphatic hydroxyl groups is 1. The van der Waals surface area contributed by atoms with Gasteiger partial charge in [-0.05, 0) is 30.2 Å². The van der Waals surface area contributed by atoms with Gasteiger partial charge in [-0.1, -0.05) is 42.0 Å². The summed E-state index contributed by atoms with van der Waals surface area (Å²) in [6, 6.07) is 15.6. The van der Waals surface area contributed by atoms with Crippen LogP contribution in [-0.4, -0.2) is 11.1 Å². The van der Waals surface area contributed by atoms with E-state index < -0.39 is 0 Å². The first-order valence-corrected chi connectivity index (χ1v) is 6.50. The van der Waals surface area contributed by atoms with Gasteiger partial charge in [-0.3, -0.25) is 0 Å². The van der Waals surface area contributed by atoms with Crippen molar-refractivity contribution in [3.05, 3.63) is 65.2 Å². The van der Waals surface area contributed by atoms with Crippen LogP contribution in [0.1, 0.15) is 16.7 Å². The van der Waals surface area contributed by atoms with Crippen molar-refractivity contribution in [1.29, 1.82) is 0 Å². The molecule has 0 aliphatic rings. The summed E-state index contributed by atoms with van der Waals surface area (Å²) < 4.78 is 0. The Bertz CT molecular complexity index is 597. The van der Waals surface area contributed by atoms with Gasteiger partial charge in [0.15, 0.2) is 5.96 Å². The van der Waals surface area contributed by atoms with Gasteiger partial charge in [0.2, 0.25) is 0 Å². The molecule has 4 nitrogen and oxygen atoms in total. The predicted octanol–water partition coefficient (Wildman–Crippen LogP) is 3.03. The summed E-state index contributed by atoms with van der Waals surface area (Å²) in [5, 5.41) is 12.3. The monoisotopic (exact) mass is 397 g/mol. The van der Waals surface area contributed by atoms with Crippen molar-refractivity contribution < 1.29 is 5.11 Å². The molecule has 2 aromatic carbocycles. The van der Waals surface area contributed by atoms with Crippen LogP contribution in [-0.2, 0) is 13.2 Å². The van der Waals surface area contributed by atoms with Crippen LogP contribution in [0.4, 0.5) is 5.69 Å². The summed E-state index contributed by atoms with van der Waals surface area (Å²) in [7, 11) is 0. The molecule has 2 rings (SSSR count). The summed E-state index contributed by atoms with van der Waals surface area (Å²) in [5.41, 5.74) is 9.82. The van der Waals surface area contributed by atoms with Crippen LogP contribution in [0.25, 0.3) is 0 Å². The molecule has 0 aliphatic heterocycles. The second kappa shape index (κ2) is 8.63. The number of hydrogen-bond acceptors (Lipinski definition) is 2. The van der Waals surface area contributed by atoms with Gasteiger partial charge in [-0.15, -0.1) is 24.0 Å². The van der Waals surface area contributed by atoms with Crippen LogP contribution in [0.15, 0.2) is 53.5 Å². The van der Waals surface area contributed by atoms with Gasteiger partial charge in [0.1, 0.15) is 0 Å². The highest BCUT2D eigenvalue weighted by Gasteiger charge is 2.00. The van der Waals surface area contributed by atoms with E-state index in [0.29, 0.717) is 12.5 Å². The van der Waals surface area contributed by atoms with Gasteiger partial charge in [0.25, 0.3) is 0 Å². The molecule has 0 amide bonds. The molecule has 112 valence electrons. The molecule has 4 N–H and O–H groups in total. The minimum atomic E-state index is 0. The molecule has 0 radical (unpaired) electrons. The molecule has 0 atom stereocenters. The minimum absolute atomic E-state index is 0. The van der Waals surface area contributed by atoms with Crippen LogP contribution in [0.5, 0.6) is 0 Å². The molecular weight excluding hydrogens is 377 g/mol. The molecule has 0 aromatic heterocycles. The number of benzene rings is 2. The van der Waals surface area contributed by atoms with Crippen LogP contribution < -0.4 is 11.1 Å². The number of aliphatic imine (C=N–C) groups is 1. The molecule has 0 saturated heterocycles. The molecule has 2 aromatic rings. The maximum absolute atomic E-state index is 9.25. The Morgan fingerprint density at radius 1 is 1.10 bits per heavy atom. The lowest BCUT2D eigenvalue weighted by Crippen LogP contribution is -2.22. The first kappa shape index (κ1) is 17.5. The summed E-state index contributed by atoms with van der Waals surface area (Å²) in [6.45, 7) is 2.49. The summed E-state index contributed by atoms with van der Waals surface area (Å²) >= 11 is 0. The summed E-state index contributed by atoms with van der Waals surface area (Å²) in [4.78, 5) is 4.29. The van der Waals surface area contributed by atoms with E-state index in [1.54, 1.807) is 0 Å². The molecular formula is C16H20IN3O. The molecule has 0 heterocycles. The fourth-order valence-electron chi connectivity index (χ4n) is 1.86. The van der Waals surface area contributed by atoms with Crippen LogP contribution in [0.3, 0.4) is 0 Å². The van der Waals surface area contributed by atoms with Gasteiger partial charge in [0, 0.05) is 5.69 Å². The zero-order valence-electron chi connectivity index (χ0n) is 11.9. The molecule has 0 fully saturated rings. The fourth-order valence-corrected chi connectivity index (χ4v) is 1.86. The second-order valence-electron chi connectivity index (χ2n) is 4.62. The molecule has 5 heteroatoms. The topological polar surface area (TPSA) is 70.6 Å². The number of hydrogen-bond donors (Lipinski definition) is 3. The molecule has 21 heavy (non-hydrogen) atoms. The largest absolute Gasteiger partial charge is 0.392 e. The van der Waals surface area contributed by atoms with Crippen molar-refractivity contribution >= 4 is 35.6 Å². The van der Waals surface area contributed by atoms with Crippen molar-refractivity contribution in [1.82, 2.24) is 0 Å². The molecule has 0 spiro atoms. The lowest BCUT2D eigenvalue weighted by molar-refractivity contribution is 0.280. The highest BCUT2D eigenvalue weighted by atomic mass is 127. The zero-order valence-corrected chi connectivity index (χ0v) is 14.2. The maximum Gasteiger partial charge on any atom is 0.193 e. The Balaban J connectivity index is 0.00000220. The summed E-state index contributed by atoms with van der Waals surface area (Å²) in [6.07, 6.45) is 0. The van der Waals surface area contributed by atoms with E-state index in [2.05, 4.69) is 10.3 Å². The summed E-state index contributed by atoms with van der Waals surface area (Å²) in [5.74, 6) is 0.363. The Morgan fingerprint density at radius 3 is 2.33 bits per heavy atom. The van der Waals surface area contributed by atoms with E-state index in [0.717, 1.165) is 16.8 Å². The first-order chi connectivity index (χ1) is 9.69. The Hall–Kier alpha value is -1.60. The van der Waals surface area contributed by atoms with E-state index in [4.69, 9.17) is 5.73 Å². The predicted molar refractivity (Wildman–Crippen MR) is 97.9 cm³/mol. The van der Waals surface area contributed by atoms with Crippen LogP contribution >= 0.6 is 24.0 Å². The first-order valence-electron chi connectivity index (χ1n) is 6.50. The lowest BCUT2D eigenvalue weighted by atomic mass is 10.1. The standard InChI is InChI=1S/C16H19N3O.HI/c1-12-6-8-15(9-7-12)19-16(17)18-10-13-4-2-3-5-14(13)11-20;/h2-9,20H,10-11H2,1H3,(H3,17,18,19);1H. The molecule has 0 aliphatic carbocycles. The second-order valence-corrected chi connectivity index (χ2v) is 4.62.